The van der Waals surface area contributed by atoms with Crippen LogP contribution in [0.15, 0.2) is 17.3 Å². The van der Waals surface area contributed by atoms with E-state index in [-0.39, 0.29) is 0 Å². The lowest BCUT2D eigenvalue weighted by atomic mass is 10.4. The van der Waals surface area contributed by atoms with E-state index in [0.717, 1.165) is 25.6 Å². The highest BCUT2D eigenvalue weighted by atomic mass is 15.6. The molecule has 2 N–H and O–H groups in total. The van der Waals surface area contributed by atoms with Crippen LogP contribution in [0, 0.1) is 0 Å². The third kappa shape index (κ3) is 0.863. The molecule has 4 heteroatoms. The smallest absolute Gasteiger partial charge is 0.214 e. The van der Waals surface area contributed by atoms with Gasteiger partial charge in [-0.1, -0.05) is 6.08 Å². The Hall–Kier alpha value is -1.03. The molecule has 2 heterocycles. The van der Waals surface area contributed by atoms with Crippen molar-refractivity contribution in [3.63, 3.8) is 0 Å². The van der Waals surface area contributed by atoms with E-state index in [0.29, 0.717) is 0 Å². The molecule has 0 aromatic carbocycles. The number of rotatable bonds is 0. The van der Waals surface area contributed by atoms with Crippen LogP contribution in [0.3, 0.4) is 0 Å². The molecule has 0 saturated carbocycles. The van der Waals surface area contributed by atoms with E-state index in [1.165, 1.54) is 0 Å². The number of aliphatic imine (C=N–C) groups is 1. The SMILES string of the molecule is C1=CN=C2NNCN2CC1. The average Bonchev–Trinajstić information content (AvgIpc) is 2.28. The van der Waals surface area contributed by atoms with Crippen molar-refractivity contribution in [3.05, 3.63) is 12.3 Å². The predicted octanol–water partition coefficient (Wildman–Crippen LogP) is -0.373. The maximum absolute atomic E-state index is 4.17. The van der Waals surface area contributed by atoms with Crippen LogP contribution in [0.25, 0.3) is 0 Å². The van der Waals surface area contributed by atoms with Crippen LogP contribution in [-0.2, 0) is 0 Å². The van der Waals surface area contributed by atoms with Gasteiger partial charge in [0.2, 0.25) is 5.96 Å². The Kier molecular flexibility index (Phi) is 1.32. The normalized spacial score (nSPS) is 23.2. The van der Waals surface area contributed by atoms with Gasteiger partial charge in [0.25, 0.3) is 0 Å². The molecule has 0 spiro atoms. The van der Waals surface area contributed by atoms with E-state index in [4.69, 9.17) is 0 Å². The molecule has 2 aliphatic heterocycles. The van der Waals surface area contributed by atoms with Gasteiger partial charge in [0.15, 0.2) is 0 Å². The summed E-state index contributed by atoms with van der Waals surface area (Å²) < 4.78 is 0. The Labute approximate surface area is 59.6 Å². The van der Waals surface area contributed by atoms with E-state index in [2.05, 4.69) is 26.8 Å². The summed E-state index contributed by atoms with van der Waals surface area (Å²) in [6.45, 7) is 1.91. The second-order valence-electron chi connectivity index (χ2n) is 2.35. The number of fused-ring (bicyclic) bond motifs is 1. The molecule has 1 saturated heterocycles. The van der Waals surface area contributed by atoms with Gasteiger partial charge >= 0.3 is 0 Å². The second kappa shape index (κ2) is 2.30. The van der Waals surface area contributed by atoms with Gasteiger partial charge in [-0.25, -0.2) is 10.4 Å². The standard InChI is InChI=1S/C6H10N4/c1-2-4-10-5-8-9-6(10)7-3-1/h1,3,8H,2,4-5H2,(H,7,9). The maximum Gasteiger partial charge on any atom is 0.214 e. The second-order valence-corrected chi connectivity index (χ2v) is 2.35. The fraction of sp³-hybridized carbons (Fsp3) is 0.500. The van der Waals surface area contributed by atoms with Gasteiger partial charge in [0, 0.05) is 12.7 Å². The molecule has 0 unspecified atom stereocenters. The van der Waals surface area contributed by atoms with E-state index in [9.17, 15) is 0 Å². The van der Waals surface area contributed by atoms with E-state index in [1.807, 2.05) is 6.20 Å². The largest absolute Gasteiger partial charge is 0.327 e. The predicted molar refractivity (Wildman–Crippen MR) is 39.0 cm³/mol. The zero-order chi connectivity index (χ0) is 6.81. The molecule has 0 radical (unpaired) electrons. The molecular formula is C6H10N4. The summed E-state index contributed by atoms with van der Waals surface area (Å²) in [4.78, 5) is 6.34. The van der Waals surface area contributed by atoms with Crippen molar-refractivity contribution >= 4 is 5.96 Å². The van der Waals surface area contributed by atoms with Crippen LogP contribution in [0.2, 0.25) is 0 Å². The average molecular weight is 138 g/mol. The lowest BCUT2D eigenvalue weighted by Crippen LogP contribution is -2.30. The summed E-state index contributed by atoms with van der Waals surface area (Å²) in [6.07, 6.45) is 5.00. The molecule has 2 aliphatic rings. The molecule has 0 aromatic rings. The highest BCUT2D eigenvalue weighted by Crippen LogP contribution is 2.00. The Balaban J connectivity index is 2.18. The molecule has 0 aromatic heterocycles. The van der Waals surface area contributed by atoms with Crippen molar-refractivity contribution in [2.75, 3.05) is 13.2 Å². The quantitative estimate of drug-likeness (QED) is 0.479. The van der Waals surface area contributed by atoms with Crippen LogP contribution in [0.4, 0.5) is 0 Å². The Morgan fingerprint density at radius 2 is 2.60 bits per heavy atom. The topological polar surface area (TPSA) is 39.7 Å². The minimum Gasteiger partial charge on any atom is -0.327 e. The number of nitrogens with zero attached hydrogens (tertiary/aromatic N) is 2. The number of hydrazine groups is 1. The number of guanidine groups is 1. The minimum atomic E-state index is 0.862. The monoisotopic (exact) mass is 138 g/mol. The highest BCUT2D eigenvalue weighted by Gasteiger charge is 2.16. The van der Waals surface area contributed by atoms with Crippen molar-refractivity contribution in [3.8, 4) is 0 Å². The summed E-state index contributed by atoms with van der Waals surface area (Å²) in [6, 6.07) is 0. The van der Waals surface area contributed by atoms with Crippen LogP contribution >= 0.6 is 0 Å². The lowest BCUT2D eigenvalue weighted by molar-refractivity contribution is 0.442. The van der Waals surface area contributed by atoms with E-state index in [1.54, 1.807) is 0 Å². The van der Waals surface area contributed by atoms with Crippen LogP contribution in [-0.4, -0.2) is 24.1 Å². The summed E-state index contributed by atoms with van der Waals surface area (Å²) >= 11 is 0. The summed E-state index contributed by atoms with van der Waals surface area (Å²) in [7, 11) is 0. The van der Waals surface area contributed by atoms with E-state index < -0.39 is 0 Å². The van der Waals surface area contributed by atoms with Crippen LogP contribution in [0.5, 0.6) is 0 Å². The summed E-state index contributed by atoms with van der Waals surface area (Å²) in [5.74, 6) is 0.939. The van der Waals surface area contributed by atoms with Crippen LogP contribution in [0.1, 0.15) is 6.42 Å². The lowest BCUT2D eigenvalue weighted by Gasteiger charge is -2.11. The first kappa shape index (κ1) is 5.73. The molecule has 0 bridgehead atoms. The van der Waals surface area contributed by atoms with Crippen molar-refractivity contribution in [1.82, 2.24) is 15.8 Å². The van der Waals surface area contributed by atoms with E-state index >= 15 is 0 Å². The molecule has 10 heavy (non-hydrogen) atoms. The first-order chi connectivity index (χ1) is 4.97. The Morgan fingerprint density at radius 3 is 3.60 bits per heavy atom. The number of hydrogen-bond acceptors (Lipinski definition) is 4. The molecule has 54 valence electrons. The van der Waals surface area contributed by atoms with Gasteiger partial charge in [-0.2, -0.15) is 0 Å². The van der Waals surface area contributed by atoms with Crippen molar-refractivity contribution in [1.29, 1.82) is 0 Å². The first-order valence-electron chi connectivity index (χ1n) is 3.43. The molecule has 0 amide bonds. The van der Waals surface area contributed by atoms with Gasteiger partial charge in [-0.05, 0) is 6.42 Å². The fourth-order valence-electron chi connectivity index (χ4n) is 1.10. The summed E-state index contributed by atoms with van der Waals surface area (Å²) in [5.41, 5.74) is 5.98. The molecular weight excluding hydrogens is 128 g/mol. The maximum atomic E-state index is 4.17. The molecule has 2 rings (SSSR count). The first-order valence-corrected chi connectivity index (χ1v) is 3.43. The van der Waals surface area contributed by atoms with Gasteiger partial charge in [0.1, 0.15) is 0 Å². The van der Waals surface area contributed by atoms with Crippen molar-refractivity contribution in [2.24, 2.45) is 4.99 Å². The third-order valence-electron chi connectivity index (χ3n) is 1.64. The van der Waals surface area contributed by atoms with Gasteiger partial charge in [-0.3, -0.25) is 5.43 Å². The van der Waals surface area contributed by atoms with Gasteiger partial charge in [0.05, 0.1) is 6.67 Å². The fourth-order valence-corrected chi connectivity index (χ4v) is 1.10. The molecule has 0 aliphatic carbocycles. The zero-order valence-electron chi connectivity index (χ0n) is 5.67. The zero-order valence-corrected chi connectivity index (χ0v) is 5.67. The highest BCUT2D eigenvalue weighted by molar-refractivity contribution is 5.81. The van der Waals surface area contributed by atoms with Crippen LogP contribution < -0.4 is 10.9 Å². The molecule has 0 atom stereocenters. The van der Waals surface area contributed by atoms with Crippen molar-refractivity contribution in [2.45, 2.75) is 6.42 Å². The summed E-state index contributed by atoms with van der Waals surface area (Å²) in [5, 5.41) is 0. The Morgan fingerprint density at radius 1 is 1.60 bits per heavy atom. The number of hydrogen-bond donors (Lipinski definition) is 2. The number of nitrogens with one attached hydrogen (secondary N) is 2. The third-order valence-corrected chi connectivity index (χ3v) is 1.64. The minimum absolute atomic E-state index is 0.862. The van der Waals surface area contributed by atoms with Crippen molar-refractivity contribution < 1.29 is 0 Å². The Bertz CT molecular complexity index is 184. The van der Waals surface area contributed by atoms with Gasteiger partial charge in [-0.15, -0.1) is 0 Å². The van der Waals surface area contributed by atoms with Gasteiger partial charge < -0.3 is 4.90 Å². The molecule has 4 nitrogen and oxygen atoms in total. The molecule has 1 fully saturated rings.